The van der Waals surface area contributed by atoms with Crippen molar-refractivity contribution in [1.82, 2.24) is 0 Å². The number of Topliss-reactive ketones (excluding diaryl/α,β-unsaturated/α-hetero) is 1. The number of carbonyl (C=O) groups is 1. The van der Waals surface area contributed by atoms with Gasteiger partial charge < -0.3 is 26.5 Å². The van der Waals surface area contributed by atoms with Crippen molar-refractivity contribution in [1.29, 1.82) is 0 Å². The first kappa shape index (κ1) is 24.7. The van der Waals surface area contributed by atoms with Gasteiger partial charge in [-0.05, 0) is 36.4 Å². The SMILES string of the molecule is COc1ccc(OC)c([P+](CC(=O)c2ccccc2)(c2ccccc2)c2ccccc2)c1.[Br-]. The van der Waals surface area contributed by atoms with Crippen LogP contribution >= 0.6 is 7.26 Å². The molecule has 0 bridgehead atoms. The van der Waals surface area contributed by atoms with Crippen molar-refractivity contribution < 1.29 is 31.2 Å². The average Bonchev–Trinajstić information content (AvgIpc) is 2.88. The molecule has 0 N–H and O–H groups in total. The molecule has 5 heteroatoms. The number of rotatable bonds is 8. The van der Waals surface area contributed by atoms with E-state index < -0.39 is 7.26 Å². The molecule has 0 radical (unpaired) electrons. The van der Waals surface area contributed by atoms with E-state index >= 15 is 0 Å². The first-order valence-corrected chi connectivity index (χ1v) is 12.5. The van der Waals surface area contributed by atoms with E-state index in [1.807, 2.05) is 84.9 Å². The Kier molecular flexibility index (Phi) is 8.43. The molecule has 4 aromatic carbocycles. The van der Waals surface area contributed by atoms with Gasteiger partial charge in [-0.3, -0.25) is 4.79 Å². The van der Waals surface area contributed by atoms with Crippen LogP contribution in [0.3, 0.4) is 0 Å². The fraction of sp³-hybridized carbons (Fsp3) is 0.107. The van der Waals surface area contributed by atoms with Crippen molar-refractivity contribution >= 4 is 29.0 Å². The summed E-state index contributed by atoms with van der Waals surface area (Å²) in [6, 6.07) is 36.0. The summed E-state index contributed by atoms with van der Waals surface area (Å²) in [7, 11) is 0.911. The largest absolute Gasteiger partial charge is 1.00 e. The Labute approximate surface area is 206 Å². The van der Waals surface area contributed by atoms with Crippen molar-refractivity contribution in [3.8, 4) is 11.5 Å². The molecule has 0 saturated heterocycles. The highest BCUT2D eigenvalue weighted by molar-refractivity contribution is 7.96. The van der Waals surface area contributed by atoms with Crippen LogP contribution in [0, 0.1) is 0 Å². The number of hydrogen-bond donors (Lipinski definition) is 0. The number of hydrogen-bond acceptors (Lipinski definition) is 3. The molecule has 3 nitrogen and oxygen atoms in total. The molecule has 0 amide bonds. The quantitative estimate of drug-likeness (QED) is 0.263. The van der Waals surface area contributed by atoms with E-state index in [1.165, 1.54) is 0 Å². The van der Waals surface area contributed by atoms with E-state index in [0.29, 0.717) is 11.7 Å². The van der Waals surface area contributed by atoms with Gasteiger partial charge in [0, 0.05) is 11.6 Å². The Morgan fingerprint density at radius 1 is 0.697 bits per heavy atom. The lowest BCUT2D eigenvalue weighted by atomic mass is 10.2. The van der Waals surface area contributed by atoms with Crippen LogP contribution in [0.1, 0.15) is 10.4 Å². The van der Waals surface area contributed by atoms with Crippen LogP contribution in [0.15, 0.2) is 109 Å². The van der Waals surface area contributed by atoms with Gasteiger partial charge in [0.05, 0.1) is 14.2 Å². The minimum absolute atomic E-state index is 0. The average molecular weight is 521 g/mol. The fourth-order valence-corrected chi connectivity index (χ4v) is 8.34. The van der Waals surface area contributed by atoms with Crippen LogP contribution in [-0.4, -0.2) is 26.2 Å². The second-order valence-electron chi connectivity index (χ2n) is 7.47. The summed E-state index contributed by atoms with van der Waals surface area (Å²) < 4.78 is 11.4. The third-order valence-electron chi connectivity index (χ3n) is 5.67. The summed E-state index contributed by atoms with van der Waals surface area (Å²) in [6.45, 7) is 0. The topological polar surface area (TPSA) is 35.5 Å². The maximum absolute atomic E-state index is 13.7. The Hall–Kier alpha value is -2.94. The van der Waals surface area contributed by atoms with Crippen molar-refractivity contribution in [3.05, 3.63) is 115 Å². The Morgan fingerprint density at radius 3 is 1.70 bits per heavy atom. The predicted molar refractivity (Wildman–Crippen MR) is 134 cm³/mol. The molecule has 0 aliphatic carbocycles. The molecule has 4 rings (SSSR count). The number of ether oxygens (including phenoxy) is 2. The second-order valence-corrected chi connectivity index (χ2v) is 10.9. The first-order chi connectivity index (χ1) is 15.7. The van der Waals surface area contributed by atoms with E-state index in [-0.39, 0.29) is 22.8 Å². The van der Waals surface area contributed by atoms with Crippen LogP contribution in [0.25, 0.3) is 0 Å². The molecule has 0 heterocycles. The highest BCUT2D eigenvalue weighted by atomic mass is 79.9. The highest BCUT2D eigenvalue weighted by Gasteiger charge is 2.49. The molecule has 33 heavy (non-hydrogen) atoms. The maximum Gasteiger partial charge on any atom is 0.201 e. The molecule has 0 unspecified atom stereocenters. The minimum atomic E-state index is -2.42. The van der Waals surface area contributed by atoms with Crippen molar-refractivity contribution in [2.75, 3.05) is 20.4 Å². The van der Waals surface area contributed by atoms with E-state index in [4.69, 9.17) is 9.47 Å². The Bertz CT molecular complexity index is 1140. The summed E-state index contributed by atoms with van der Waals surface area (Å²) in [5.74, 6) is 1.61. The number of methoxy groups -OCH3 is 2. The standard InChI is InChI=1S/C28H26O3P.BrH/c1-30-23-18-19-27(31-2)28(20-23)32(24-14-8-4-9-15-24,25-16-10-5-11-17-25)21-26(29)22-12-6-3-7-13-22;/h3-20H,21H2,1-2H3;1H/q+1;/p-1. The maximum atomic E-state index is 13.7. The summed E-state index contributed by atoms with van der Waals surface area (Å²) in [4.78, 5) is 13.7. The molecule has 0 atom stereocenters. The molecular weight excluding hydrogens is 495 g/mol. The summed E-state index contributed by atoms with van der Waals surface area (Å²) >= 11 is 0. The van der Waals surface area contributed by atoms with Crippen molar-refractivity contribution in [2.24, 2.45) is 0 Å². The molecule has 0 saturated carbocycles. The lowest BCUT2D eigenvalue weighted by Gasteiger charge is -2.28. The molecule has 0 aromatic heterocycles. The van der Waals surface area contributed by atoms with Crippen LogP contribution in [-0.2, 0) is 0 Å². The molecule has 0 fully saturated rings. The number of benzene rings is 4. The normalized spacial score (nSPS) is 10.7. The van der Waals surface area contributed by atoms with E-state index in [0.717, 1.165) is 27.4 Å². The van der Waals surface area contributed by atoms with Gasteiger partial charge in [0.25, 0.3) is 0 Å². The van der Waals surface area contributed by atoms with Gasteiger partial charge in [0.2, 0.25) is 5.78 Å². The van der Waals surface area contributed by atoms with E-state index in [2.05, 4.69) is 24.3 Å². The van der Waals surface area contributed by atoms with Crippen LogP contribution in [0.2, 0.25) is 0 Å². The minimum Gasteiger partial charge on any atom is -1.00 e. The molecule has 4 aromatic rings. The van der Waals surface area contributed by atoms with E-state index in [9.17, 15) is 4.79 Å². The molecular formula is C28H26BrO3P. The van der Waals surface area contributed by atoms with Gasteiger partial charge in [0.15, 0.2) is 11.1 Å². The van der Waals surface area contributed by atoms with Crippen molar-refractivity contribution in [2.45, 2.75) is 0 Å². The zero-order valence-electron chi connectivity index (χ0n) is 18.6. The predicted octanol–water partition coefficient (Wildman–Crippen LogP) is 1.88. The van der Waals surface area contributed by atoms with Gasteiger partial charge >= 0.3 is 0 Å². The first-order valence-electron chi connectivity index (χ1n) is 10.5. The van der Waals surface area contributed by atoms with Crippen molar-refractivity contribution in [3.63, 3.8) is 0 Å². The molecule has 168 valence electrons. The van der Waals surface area contributed by atoms with Crippen LogP contribution in [0.4, 0.5) is 0 Å². The lowest BCUT2D eigenvalue weighted by Crippen LogP contribution is -3.00. The van der Waals surface area contributed by atoms with Crippen LogP contribution < -0.4 is 42.4 Å². The smallest absolute Gasteiger partial charge is 0.201 e. The van der Waals surface area contributed by atoms with Gasteiger partial charge in [-0.1, -0.05) is 66.7 Å². The van der Waals surface area contributed by atoms with Gasteiger partial charge in [-0.25, -0.2) is 0 Å². The third kappa shape index (κ3) is 5.03. The molecule has 0 aliphatic heterocycles. The summed E-state index contributed by atoms with van der Waals surface area (Å²) in [6.07, 6.45) is 0.356. The third-order valence-corrected chi connectivity index (χ3v) is 9.96. The fourth-order valence-electron chi connectivity index (χ4n) is 4.09. The van der Waals surface area contributed by atoms with Crippen LogP contribution in [0.5, 0.6) is 11.5 Å². The number of halogens is 1. The zero-order valence-corrected chi connectivity index (χ0v) is 21.1. The number of ketones is 1. The summed E-state index contributed by atoms with van der Waals surface area (Å²) in [5.41, 5.74) is 0.714. The second kappa shape index (κ2) is 11.3. The highest BCUT2D eigenvalue weighted by Crippen LogP contribution is 2.57. The zero-order chi connectivity index (χ0) is 22.4. The monoisotopic (exact) mass is 520 g/mol. The van der Waals surface area contributed by atoms with E-state index in [1.54, 1.807) is 14.2 Å². The number of carbonyl (C=O) groups excluding carboxylic acids is 1. The van der Waals surface area contributed by atoms with Gasteiger partial charge in [-0.15, -0.1) is 0 Å². The Morgan fingerprint density at radius 2 is 1.21 bits per heavy atom. The summed E-state index contributed by atoms with van der Waals surface area (Å²) in [5, 5.41) is 3.25. The molecule has 0 spiro atoms. The Balaban J connectivity index is 0.00000306. The van der Waals surface area contributed by atoms with Gasteiger partial charge in [0.1, 0.15) is 29.8 Å². The lowest BCUT2D eigenvalue weighted by molar-refractivity contribution is -0.0000146. The van der Waals surface area contributed by atoms with Gasteiger partial charge in [-0.2, -0.15) is 0 Å². The molecule has 0 aliphatic rings.